The van der Waals surface area contributed by atoms with E-state index in [9.17, 15) is 0 Å². The Hall–Kier alpha value is -1.72. The Bertz CT molecular complexity index is 964. The third-order valence-electron chi connectivity index (χ3n) is 3.47. The van der Waals surface area contributed by atoms with Crippen molar-refractivity contribution in [2.75, 3.05) is 0 Å². The van der Waals surface area contributed by atoms with Gasteiger partial charge in [0.05, 0.1) is 11.0 Å². The number of hydrogen-bond donors (Lipinski definition) is 1. The number of aryl methyl sites for hydroxylation is 1. The summed E-state index contributed by atoms with van der Waals surface area (Å²) in [5.41, 5.74) is 6.14. The second-order valence-electron chi connectivity index (χ2n) is 5.00. The maximum absolute atomic E-state index is 4.54. The van der Waals surface area contributed by atoms with E-state index in [0.717, 1.165) is 39.4 Å². The molecule has 3 aromatic heterocycles. The Labute approximate surface area is 166 Å². The van der Waals surface area contributed by atoms with Gasteiger partial charge in [0.1, 0.15) is 0 Å². The first kappa shape index (κ1) is 16.2. The van der Waals surface area contributed by atoms with E-state index in [1.165, 1.54) is 0 Å². The summed E-state index contributed by atoms with van der Waals surface area (Å²) < 4.78 is 0. The van der Waals surface area contributed by atoms with E-state index in [1.807, 2.05) is 43.3 Å². The quantitative estimate of drug-likeness (QED) is 0.499. The normalized spacial score (nSPS) is 10.5. The van der Waals surface area contributed by atoms with Crippen LogP contribution in [0.3, 0.4) is 0 Å². The molecule has 5 nitrogen and oxygen atoms in total. The molecule has 0 aliphatic heterocycles. The Morgan fingerprint density at radius 1 is 1.00 bits per heavy atom. The number of imidazole rings is 1. The van der Waals surface area contributed by atoms with Crippen LogP contribution in [0.4, 0.5) is 0 Å². The first-order chi connectivity index (χ1) is 10.8. The molecule has 0 saturated heterocycles. The van der Waals surface area contributed by atoms with Crippen LogP contribution in [-0.4, -0.2) is 24.9 Å². The number of aromatic nitrogens is 5. The molecule has 3 heterocycles. The van der Waals surface area contributed by atoms with E-state index in [-0.39, 0.29) is 41.3 Å². The summed E-state index contributed by atoms with van der Waals surface area (Å²) in [4.78, 5) is 20.6. The zero-order chi connectivity index (χ0) is 14.9. The van der Waals surface area contributed by atoms with Crippen LogP contribution >= 0.6 is 0 Å². The summed E-state index contributed by atoms with van der Waals surface area (Å²) in [5, 5.41) is 0. The number of nitrogens with zero attached hydrogens (tertiary/aromatic N) is 4. The van der Waals surface area contributed by atoms with Gasteiger partial charge in [-0.3, -0.25) is 15.0 Å². The SMILES string of the molecule is Cc1cccc(-c2[nH][c-]nc2-c2ccc3nccnc3c2)n1.[Pr]. The predicted octanol–water partition coefficient (Wildman–Crippen LogP) is 3.19. The molecule has 23 heavy (non-hydrogen) atoms. The van der Waals surface area contributed by atoms with Crippen molar-refractivity contribution in [3.05, 3.63) is 60.8 Å². The van der Waals surface area contributed by atoms with Crippen molar-refractivity contribution < 1.29 is 41.3 Å². The Balaban J connectivity index is 0.00000156. The average molecular weight is 427 g/mol. The molecule has 0 amide bonds. The number of H-pyrrole nitrogens is 1. The maximum atomic E-state index is 4.54. The van der Waals surface area contributed by atoms with Crippen LogP contribution in [0.25, 0.3) is 33.7 Å². The first-order valence-electron chi connectivity index (χ1n) is 6.92. The molecule has 6 heteroatoms. The smallest absolute Gasteiger partial charge is 0.0886 e. The fourth-order valence-corrected chi connectivity index (χ4v) is 2.44. The van der Waals surface area contributed by atoms with Crippen LogP contribution in [0.5, 0.6) is 0 Å². The second kappa shape index (κ2) is 6.81. The molecule has 4 rings (SSSR count). The minimum Gasteiger partial charge on any atom is -0.459 e. The van der Waals surface area contributed by atoms with Gasteiger partial charge in [0, 0.05) is 65.1 Å². The van der Waals surface area contributed by atoms with Gasteiger partial charge in [0.25, 0.3) is 0 Å². The molecule has 109 valence electrons. The largest absolute Gasteiger partial charge is 0.459 e. The molecule has 1 N–H and O–H groups in total. The number of pyridine rings is 1. The number of rotatable bonds is 2. The van der Waals surface area contributed by atoms with Crippen LogP contribution in [0.15, 0.2) is 48.8 Å². The van der Waals surface area contributed by atoms with Crippen LogP contribution in [0, 0.1) is 54.5 Å². The maximum Gasteiger partial charge on any atom is 0.0886 e. The van der Waals surface area contributed by atoms with Crippen LogP contribution in [-0.2, 0) is 0 Å². The second-order valence-corrected chi connectivity index (χ2v) is 5.00. The van der Waals surface area contributed by atoms with E-state index >= 15 is 0 Å². The average Bonchev–Trinajstić information content (AvgIpc) is 3.04. The summed E-state index contributed by atoms with van der Waals surface area (Å²) >= 11 is 0. The van der Waals surface area contributed by atoms with Crippen LogP contribution in [0.2, 0.25) is 0 Å². The minimum absolute atomic E-state index is 0. The molecule has 0 atom stereocenters. The van der Waals surface area contributed by atoms with Gasteiger partial charge in [-0.2, -0.15) is 0 Å². The van der Waals surface area contributed by atoms with E-state index in [0.29, 0.717) is 0 Å². The molecule has 0 fully saturated rings. The van der Waals surface area contributed by atoms with E-state index in [4.69, 9.17) is 0 Å². The van der Waals surface area contributed by atoms with E-state index in [1.54, 1.807) is 12.4 Å². The van der Waals surface area contributed by atoms with Crippen LogP contribution < -0.4 is 0 Å². The van der Waals surface area contributed by atoms with Crippen molar-refractivity contribution in [1.29, 1.82) is 0 Å². The summed E-state index contributed by atoms with van der Waals surface area (Å²) in [6.07, 6.45) is 6.19. The molecule has 1 aromatic carbocycles. The van der Waals surface area contributed by atoms with Gasteiger partial charge < -0.3 is 9.97 Å². The molecular weight excluding hydrogens is 415 g/mol. The van der Waals surface area contributed by atoms with Crippen molar-refractivity contribution in [3.8, 4) is 22.6 Å². The van der Waals surface area contributed by atoms with Gasteiger partial charge >= 0.3 is 0 Å². The molecule has 4 aromatic rings. The van der Waals surface area contributed by atoms with E-state index in [2.05, 4.69) is 31.2 Å². The number of benzene rings is 1. The number of aromatic amines is 1. The van der Waals surface area contributed by atoms with Crippen molar-refractivity contribution >= 4 is 11.0 Å². The van der Waals surface area contributed by atoms with Gasteiger partial charge in [0.2, 0.25) is 0 Å². The number of nitrogens with one attached hydrogen (secondary N) is 1. The minimum atomic E-state index is 0. The van der Waals surface area contributed by atoms with Gasteiger partial charge in [-0.1, -0.05) is 29.1 Å². The summed E-state index contributed by atoms with van der Waals surface area (Å²) in [6, 6.07) is 11.8. The van der Waals surface area contributed by atoms with Gasteiger partial charge in [-0.15, -0.1) is 0 Å². The van der Waals surface area contributed by atoms with Crippen molar-refractivity contribution in [3.63, 3.8) is 0 Å². The molecule has 0 unspecified atom stereocenters. The summed E-state index contributed by atoms with van der Waals surface area (Å²) in [5.74, 6) is 0. The van der Waals surface area contributed by atoms with Crippen molar-refractivity contribution in [2.45, 2.75) is 6.92 Å². The third kappa shape index (κ3) is 3.17. The van der Waals surface area contributed by atoms with Crippen LogP contribution in [0.1, 0.15) is 5.69 Å². The van der Waals surface area contributed by atoms with Gasteiger partial charge in [-0.05, 0) is 37.5 Å². The molecule has 0 aliphatic rings. The molecule has 1 radical (unpaired) electrons. The summed E-state index contributed by atoms with van der Waals surface area (Å²) in [7, 11) is 0. The number of hydrogen-bond acceptors (Lipinski definition) is 4. The topological polar surface area (TPSA) is 67.3 Å². The monoisotopic (exact) mass is 427 g/mol. The number of fused-ring (bicyclic) bond motifs is 1. The Kier molecular flexibility index (Phi) is 4.78. The zero-order valence-electron chi connectivity index (χ0n) is 12.5. The molecule has 0 spiro atoms. The standard InChI is InChI=1S/C17H12N5.Pr/c1-11-3-2-4-14(22-11)17-16(20-10-21-17)12-5-6-13-15(9-12)19-8-7-18-13;/h2-9H,1H3,(H,20,21);/q-1;. The Morgan fingerprint density at radius 3 is 2.65 bits per heavy atom. The third-order valence-corrected chi connectivity index (χ3v) is 3.47. The van der Waals surface area contributed by atoms with Gasteiger partial charge in [-0.25, -0.2) is 0 Å². The van der Waals surface area contributed by atoms with Crippen molar-refractivity contribution in [1.82, 2.24) is 24.9 Å². The van der Waals surface area contributed by atoms with Gasteiger partial charge in [0.15, 0.2) is 0 Å². The van der Waals surface area contributed by atoms with E-state index < -0.39 is 0 Å². The molecule has 0 aliphatic carbocycles. The molecule has 0 saturated carbocycles. The fraction of sp³-hybridized carbons (Fsp3) is 0.0588. The first-order valence-corrected chi connectivity index (χ1v) is 6.92. The molecular formula is C17H12N5Pr-. The zero-order valence-corrected chi connectivity index (χ0v) is 16.2. The Morgan fingerprint density at radius 2 is 1.83 bits per heavy atom. The predicted molar refractivity (Wildman–Crippen MR) is 83.9 cm³/mol. The van der Waals surface area contributed by atoms with Crippen molar-refractivity contribution in [2.24, 2.45) is 0 Å². The molecule has 0 bridgehead atoms. The summed E-state index contributed by atoms with van der Waals surface area (Å²) in [6.45, 7) is 1.97. The fourth-order valence-electron chi connectivity index (χ4n) is 2.44.